The molecule has 0 atom stereocenters. The van der Waals surface area contributed by atoms with Gasteiger partial charge in [-0.15, -0.1) is 23.1 Å². The quantitative estimate of drug-likeness (QED) is 0.0595. The molecule has 1 aliphatic rings. The molecule has 4 aromatic rings. The summed E-state index contributed by atoms with van der Waals surface area (Å²) in [7, 11) is 2.78. The van der Waals surface area contributed by atoms with Gasteiger partial charge in [-0.1, -0.05) is 30.7 Å². The van der Waals surface area contributed by atoms with E-state index in [0.29, 0.717) is 33.1 Å². The van der Waals surface area contributed by atoms with E-state index in [1.54, 1.807) is 54.6 Å². The van der Waals surface area contributed by atoms with Gasteiger partial charge in [0.1, 0.15) is 22.2 Å². The Labute approximate surface area is 286 Å². The third-order valence-corrected chi connectivity index (χ3v) is 9.77. The second-order valence-corrected chi connectivity index (χ2v) is 13.0. The molecule has 4 N–H and O–H groups in total. The minimum absolute atomic E-state index is 0.0138. The number of hydrogen-bond acceptors (Lipinski definition) is 9. The average Bonchev–Trinajstić information content (AvgIpc) is 3.26. The molecule has 0 unspecified atom stereocenters. The molecule has 0 saturated heterocycles. The highest BCUT2D eigenvalue weighted by Crippen LogP contribution is 2.38. The molecule has 0 radical (unpaired) electrons. The number of aromatic hydroxyl groups is 1. The van der Waals surface area contributed by atoms with Crippen molar-refractivity contribution in [2.75, 3.05) is 30.6 Å². The van der Waals surface area contributed by atoms with E-state index >= 15 is 0 Å². The molecule has 3 amide bonds. The van der Waals surface area contributed by atoms with E-state index in [-0.39, 0.29) is 23.1 Å². The van der Waals surface area contributed by atoms with E-state index in [1.807, 2.05) is 6.07 Å². The Balaban J connectivity index is 1.29. The first-order chi connectivity index (χ1) is 23.2. The largest absolute Gasteiger partial charge is 0.508 e. The van der Waals surface area contributed by atoms with Gasteiger partial charge >= 0.3 is 5.97 Å². The van der Waals surface area contributed by atoms with Gasteiger partial charge in [0.25, 0.3) is 11.8 Å². The zero-order valence-corrected chi connectivity index (χ0v) is 28.1. The SMILES string of the molecule is COC(=O)c1c(NC(=O)CSc2cccc(NC(=O)/C(=C\c3ccc(O)cc3OC)NC(=O)c3ccccc3)c2)sc2c1CCCCC2. The van der Waals surface area contributed by atoms with Crippen LogP contribution in [0.15, 0.2) is 83.4 Å². The molecule has 12 heteroatoms. The van der Waals surface area contributed by atoms with E-state index < -0.39 is 17.8 Å². The predicted octanol–water partition coefficient (Wildman–Crippen LogP) is 6.66. The van der Waals surface area contributed by atoms with Gasteiger partial charge in [-0.05, 0) is 79.8 Å². The summed E-state index contributed by atoms with van der Waals surface area (Å²) in [6, 6.07) is 19.9. The van der Waals surface area contributed by atoms with E-state index in [9.17, 15) is 24.3 Å². The maximum Gasteiger partial charge on any atom is 0.341 e. The van der Waals surface area contributed by atoms with Crippen molar-refractivity contribution >= 4 is 63.6 Å². The Morgan fingerprint density at radius 1 is 0.917 bits per heavy atom. The van der Waals surface area contributed by atoms with Crippen LogP contribution < -0.4 is 20.7 Å². The van der Waals surface area contributed by atoms with Crippen LogP contribution in [0.25, 0.3) is 6.08 Å². The first-order valence-electron chi connectivity index (χ1n) is 15.3. The van der Waals surface area contributed by atoms with Crippen LogP contribution >= 0.6 is 23.1 Å². The fourth-order valence-corrected chi connectivity index (χ4v) is 7.29. The van der Waals surface area contributed by atoms with Gasteiger partial charge in [0.05, 0.1) is 25.5 Å². The number of phenolic OH excluding ortho intramolecular Hbond substituents is 1. The summed E-state index contributed by atoms with van der Waals surface area (Å²) in [6.07, 6.45) is 6.27. The molecule has 1 aliphatic carbocycles. The molecule has 1 aromatic heterocycles. The first kappa shape index (κ1) is 34.3. The molecule has 0 bridgehead atoms. The Kier molecular flexibility index (Phi) is 11.5. The van der Waals surface area contributed by atoms with Crippen LogP contribution in [0.3, 0.4) is 0 Å². The normalized spacial score (nSPS) is 12.7. The Bertz CT molecular complexity index is 1850. The van der Waals surface area contributed by atoms with Gasteiger partial charge in [-0.2, -0.15) is 0 Å². The zero-order valence-electron chi connectivity index (χ0n) is 26.5. The highest BCUT2D eigenvalue weighted by Gasteiger charge is 2.26. The number of aryl methyl sites for hydroxylation is 1. The number of fused-ring (bicyclic) bond motifs is 1. The van der Waals surface area contributed by atoms with Crippen LogP contribution in [0.1, 0.15) is 56.0 Å². The fraction of sp³-hybridized carbons (Fsp3) is 0.222. The van der Waals surface area contributed by atoms with Crippen molar-refractivity contribution in [2.24, 2.45) is 0 Å². The standard InChI is InChI=1S/C36H35N3O7S2/c1-45-29-20-25(40)17-16-23(29)18-28(38-33(42)22-10-5-3-6-11-22)34(43)37-24-12-9-13-26(19-24)47-21-31(41)39-35-32(36(44)46-2)27-14-7-4-8-15-30(27)48-35/h3,5-6,9-13,16-20,40H,4,7-8,14-15,21H2,1-2H3,(H,37,43)(H,38,42)(H,39,41)/b28-18+. The van der Waals surface area contributed by atoms with Crippen molar-refractivity contribution in [3.05, 3.63) is 106 Å². The van der Waals surface area contributed by atoms with Gasteiger partial charge in [0, 0.05) is 32.7 Å². The lowest BCUT2D eigenvalue weighted by Crippen LogP contribution is -2.30. The molecular weight excluding hydrogens is 651 g/mol. The van der Waals surface area contributed by atoms with Crippen LogP contribution in [-0.4, -0.2) is 48.8 Å². The number of anilines is 2. The minimum atomic E-state index is -0.595. The summed E-state index contributed by atoms with van der Waals surface area (Å²) >= 11 is 2.71. The number of carbonyl (C=O) groups is 4. The fourth-order valence-electron chi connectivity index (χ4n) is 5.24. The highest BCUT2D eigenvalue weighted by molar-refractivity contribution is 8.00. The summed E-state index contributed by atoms with van der Waals surface area (Å²) in [5, 5.41) is 18.8. The number of benzene rings is 3. The van der Waals surface area contributed by atoms with Gasteiger partial charge in [0.2, 0.25) is 5.91 Å². The van der Waals surface area contributed by atoms with Crippen LogP contribution in [0, 0.1) is 0 Å². The Morgan fingerprint density at radius 3 is 2.48 bits per heavy atom. The lowest BCUT2D eigenvalue weighted by molar-refractivity contribution is -0.114. The summed E-state index contributed by atoms with van der Waals surface area (Å²) in [5.41, 5.74) is 2.65. The zero-order chi connectivity index (χ0) is 34.0. The lowest BCUT2D eigenvalue weighted by atomic mass is 10.1. The van der Waals surface area contributed by atoms with Crippen molar-refractivity contribution in [2.45, 2.75) is 37.0 Å². The number of hydrogen-bond donors (Lipinski definition) is 4. The number of esters is 1. The molecule has 3 aromatic carbocycles. The van der Waals surface area contributed by atoms with Gasteiger partial charge in [-0.25, -0.2) is 4.79 Å². The maximum absolute atomic E-state index is 13.6. The van der Waals surface area contributed by atoms with Gasteiger partial charge in [-0.3, -0.25) is 14.4 Å². The molecule has 10 nitrogen and oxygen atoms in total. The Hall–Kier alpha value is -5.07. The lowest BCUT2D eigenvalue weighted by Gasteiger charge is -2.13. The molecule has 5 rings (SSSR count). The van der Waals surface area contributed by atoms with E-state index in [0.717, 1.165) is 47.4 Å². The van der Waals surface area contributed by atoms with Crippen molar-refractivity contribution < 1.29 is 33.8 Å². The number of thioether (sulfide) groups is 1. The number of rotatable bonds is 11. The monoisotopic (exact) mass is 685 g/mol. The number of phenols is 1. The summed E-state index contributed by atoms with van der Waals surface area (Å²) in [5.74, 6) is -1.43. The number of thiophene rings is 1. The van der Waals surface area contributed by atoms with Crippen LogP contribution in [0.4, 0.5) is 10.7 Å². The van der Waals surface area contributed by atoms with E-state index in [1.165, 1.54) is 55.5 Å². The van der Waals surface area contributed by atoms with E-state index in [2.05, 4.69) is 16.0 Å². The smallest absolute Gasteiger partial charge is 0.341 e. The third-order valence-electron chi connectivity index (χ3n) is 7.57. The molecule has 0 fully saturated rings. The van der Waals surface area contributed by atoms with Crippen molar-refractivity contribution in [1.29, 1.82) is 0 Å². The van der Waals surface area contributed by atoms with Crippen molar-refractivity contribution in [3.63, 3.8) is 0 Å². The molecule has 0 aliphatic heterocycles. The number of nitrogens with one attached hydrogen (secondary N) is 3. The topological polar surface area (TPSA) is 143 Å². The summed E-state index contributed by atoms with van der Waals surface area (Å²) < 4.78 is 10.4. The van der Waals surface area contributed by atoms with E-state index in [4.69, 9.17) is 9.47 Å². The molecule has 248 valence electrons. The molecule has 0 spiro atoms. The number of ether oxygens (including phenoxy) is 2. The van der Waals surface area contributed by atoms with Crippen LogP contribution in [0.5, 0.6) is 11.5 Å². The summed E-state index contributed by atoms with van der Waals surface area (Å²) in [4.78, 5) is 54.1. The summed E-state index contributed by atoms with van der Waals surface area (Å²) in [6.45, 7) is 0. The van der Waals surface area contributed by atoms with Gasteiger partial charge < -0.3 is 30.5 Å². The number of amides is 3. The van der Waals surface area contributed by atoms with Crippen LogP contribution in [0.2, 0.25) is 0 Å². The first-order valence-corrected chi connectivity index (χ1v) is 17.1. The molecular formula is C36H35N3O7S2. The minimum Gasteiger partial charge on any atom is -0.508 e. The van der Waals surface area contributed by atoms with Crippen molar-refractivity contribution in [3.8, 4) is 11.5 Å². The average molecular weight is 686 g/mol. The number of carbonyl (C=O) groups excluding carboxylic acids is 4. The maximum atomic E-state index is 13.6. The molecule has 1 heterocycles. The highest BCUT2D eigenvalue weighted by atomic mass is 32.2. The molecule has 0 saturated carbocycles. The molecule has 48 heavy (non-hydrogen) atoms. The third kappa shape index (κ3) is 8.64. The van der Waals surface area contributed by atoms with Crippen LogP contribution in [-0.2, 0) is 27.2 Å². The number of methoxy groups -OCH3 is 2. The second kappa shape index (κ2) is 16.2. The van der Waals surface area contributed by atoms with Crippen molar-refractivity contribution in [1.82, 2.24) is 5.32 Å². The van der Waals surface area contributed by atoms with Gasteiger partial charge in [0.15, 0.2) is 0 Å². The predicted molar refractivity (Wildman–Crippen MR) is 188 cm³/mol. The Morgan fingerprint density at radius 2 is 1.71 bits per heavy atom. The second-order valence-electron chi connectivity index (χ2n) is 10.9.